The van der Waals surface area contributed by atoms with Gasteiger partial charge in [0.05, 0.1) is 5.41 Å². The van der Waals surface area contributed by atoms with Gasteiger partial charge in [-0.1, -0.05) is 149 Å². The van der Waals surface area contributed by atoms with E-state index in [1.165, 1.54) is 77.5 Å². The highest BCUT2D eigenvalue weighted by Crippen LogP contribution is 2.64. The van der Waals surface area contributed by atoms with Gasteiger partial charge < -0.3 is 0 Å². The number of benzene rings is 7. The molecule has 0 radical (unpaired) electrons. The highest BCUT2D eigenvalue weighted by Gasteiger charge is 2.52. The standard InChI is InChI=1S/C41H25Br/c42-39-25-38-40(33-16-8-7-15-32(33)39)34-17-9-10-18-35(34)41(38)36-23-28(26-11-3-1-4-12-26)19-21-30(36)31-22-20-29(24-37(31)41)27-13-5-2-6-14-27/h1-25H. The lowest BCUT2D eigenvalue weighted by Gasteiger charge is -2.31. The maximum absolute atomic E-state index is 4.01. The van der Waals surface area contributed by atoms with Crippen LogP contribution in [-0.2, 0) is 5.41 Å². The number of halogens is 1. The topological polar surface area (TPSA) is 0 Å². The predicted octanol–water partition coefficient (Wildman–Crippen LogP) is 11.3. The van der Waals surface area contributed by atoms with Crippen LogP contribution in [0.25, 0.3) is 55.3 Å². The summed E-state index contributed by atoms with van der Waals surface area (Å²) in [7, 11) is 0. The Morgan fingerprint density at radius 3 is 1.50 bits per heavy atom. The van der Waals surface area contributed by atoms with Crippen LogP contribution in [-0.4, -0.2) is 0 Å². The first kappa shape index (κ1) is 23.9. The van der Waals surface area contributed by atoms with E-state index >= 15 is 0 Å². The third-order valence-corrected chi connectivity index (χ3v) is 10.0. The quantitative estimate of drug-likeness (QED) is 0.186. The fraction of sp³-hybridized carbons (Fsp3) is 0.0244. The lowest BCUT2D eigenvalue weighted by atomic mass is 9.69. The molecule has 7 aromatic rings. The Kier molecular flexibility index (Phi) is 5.06. The van der Waals surface area contributed by atoms with Crippen molar-refractivity contribution in [2.75, 3.05) is 0 Å². The van der Waals surface area contributed by atoms with Crippen molar-refractivity contribution in [3.8, 4) is 44.5 Å². The first-order valence-electron chi connectivity index (χ1n) is 14.5. The number of fused-ring (bicyclic) bond motifs is 12. The Morgan fingerprint density at radius 2 is 0.881 bits per heavy atom. The second kappa shape index (κ2) is 8.89. The third-order valence-electron chi connectivity index (χ3n) is 9.35. The number of hydrogen-bond donors (Lipinski definition) is 0. The van der Waals surface area contributed by atoms with Crippen molar-refractivity contribution in [1.29, 1.82) is 0 Å². The van der Waals surface area contributed by atoms with Gasteiger partial charge in [-0.15, -0.1) is 0 Å². The van der Waals surface area contributed by atoms with E-state index in [-0.39, 0.29) is 0 Å². The van der Waals surface area contributed by atoms with E-state index in [2.05, 4.69) is 168 Å². The summed E-state index contributed by atoms with van der Waals surface area (Å²) in [6.45, 7) is 0. The summed E-state index contributed by atoms with van der Waals surface area (Å²) in [4.78, 5) is 0. The SMILES string of the molecule is Brc1cc2c(c3ccccc13)-c1ccccc1C21c2cc(-c3ccccc3)ccc2-c2ccc(-c3ccccc3)cc21. The van der Waals surface area contributed by atoms with Gasteiger partial charge >= 0.3 is 0 Å². The molecular formula is C41H25Br. The maximum atomic E-state index is 4.01. The smallest absolute Gasteiger partial charge is 0.0622 e. The first-order chi connectivity index (χ1) is 20.7. The molecule has 0 N–H and O–H groups in total. The molecule has 0 aliphatic heterocycles. The zero-order valence-electron chi connectivity index (χ0n) is 22.8. The van der Waals surface area contributed by atoms with E-state index in [9.17, 15) is 0 Å². The average molecular weight is 598 g/mol. The molecule has 0 atom stereocenters. The molecule has 2 aliphatic carbocycles. The molecule has 0 bridgehead atoms. The van der Waals surface area contributed by atoms with Crippen LogP contribution < -0.4 is 0 Å². The molecule has 0 amide bonds. The monoisotopic (exact) mass is 596 g/mol. The van der Waals surface area contributed by atoms with Crippen LogP contribution >= 0.6 is 15.9 Å². The normalized spacial score (nSPS) is 13.5. The Morgan fingerprint density at radius 1 is 0.357 bits per heavy atom. The average Bonchev–Trinajstić information content (AvgIpc) is 3.52. The largest absolute Gasteiger partial charge is 0.0726 e. The van der Waals surface area contributed by atoms with Crippen LogP contribution in [0.15, 0.2) is 156 Å². The second-order valence-electron chi connectivity index (χ2n) is 11.4. The van der Waals surface area contributed by atoms with Crippen molar-refractivity contribution in [2.24, 2.45) is 0 Å². The molecule has 0 unspecified atom stereocenters. The molecular weight excluding hydrogens is 572 g/mol. The van der Waals surface area contributed by atoms with Crippen molar-refractivity contribution in [2.45, 2.75) is 5.41 Å². The summed E-state index contributed by atoms with van der Waals surface area (Å²) < 4.78 is 1.14. The molecule has 0 nitrogen and oxygen atoms in total. The second-order valence-corrected chi connectivity index (χ2v) is 12.2. The summed E-state index contributed by atoms with van der Waals surface area (Å²) in [6, 6.07) is 56.0. The van der Waals surface area contributed by atoms with Crippen LogP contribution in [0.2, 0.25) is 0 Å². The zero-order chi connectivity index (χ0) is 27.8. The highest BCUT2D eigenvalue weighted by molar-refractivity contribution is 9.10. The number of hydrogen-bond acceptors (Lipinski definition) is 0. The number of rotatable bonds is 2. The van der Waals surface area contributed by atoms with Gasteiger partial charge in [-0.3, -0.25) is 0 Å². The van der Waals surface area contributed by atoms with Gasteiger partial charge in [0.1, 0.15) is 0 Å². The molecule has 0 fully saturated rings. The molecule has 196 valence electrons. The Hall–Kier alpha value is -4.72. The Balaban J connectivity index is 1.45. The molecule has 0 saturated heterocycles. The summed E-state index contributed by atoms with van der Waals surface area (Å²) in [6.07, 6.45) is 0. The molecule has 2 aliphatic rings. The van der Waals surface area contributed by atoms with Crippen LogP contribution in [0.1, 0.15) is 22.3 Å². The molecule has 1 heteroatoms. The zero-order valence-corrected chi connectivity index (χ0v) is 24.4. The molecule has 42 heavy (non-hydrogen) atoms. The summed E-state index contributed by atoms with van der Waals surface area (Å²) >= 11 is 4.01. The molecule has 1 spiro atoms. The summed E-state index contributed by atoms with van der Waals surface area (Å²) in [5, 5.41) is 2.54. The van der Waals surface area contributed by atoms with E-state index < -0.39 is 5.41 Å². The Labute approximate surface area is 254 Å². The lowest BCUT2D eigenvalue weighted by Crippen LogP contribution is -2.26. The van der Waals surface area contributed by atoms with Gasteiger partial charge in [-0.25, -0.2) is 0 Å². The van der Waals surface area contributed by atoms with Crippen molar-refractivity contribution < 1.29 is 0 Å². The summed E-state index contributed by atoms with van der Waals surface area (Å²) in [5.74, 6) is 0. The third kappa shape index (κ3) is 3.12. The fourth-order valence-corrected chi connectivity index (χ4v) is 8.19. The molecule has 0 heterocycles. The van der Waals surface area contributed by atoms with Crippen LogP contribution in [0.4, 0.5) is 0 Å². The van der Waals surface area contributed by atoms with Gasteiger partial charge in [0.15, 0.2) is 0 Å². The van der Waals surface area contributed by atoms with E-state index in [0.29, 0.717) is 0 Å². The molecule has 0 aromatic heterocycles. The van der Waals surface area contributed by atoms with Crippen molar-refractivity contribution in [1.82, 2.24) is 0 Å². The molecule has 0 saturated carbocycles. The molecule has 9 rings (SSSR count). The van der Waals surface area contributed by atoms with Gasteiger partial charge in [0.25, 0.3) is 0 Å². The first-order valence-corrected chi connectivity index (χ1v) is 15.3. The van der Waals surface area contributed by atoms with E-state index in [0.717, 1.165) is 4.47 Å². The van der Waals surface area contributed by atoms with Crippen LogP contribution in [0.5, 0.6) is 0 Å². The summed E-state index contributed by atoms with van der Waals surface area (Å²) in [5.41, 5.74) is 15.3. The van der Waals surface area contributed by atoms with Gasteiger partial charge in [0.2, 0.25) is 0 Å². The van der Waals surface area contributed by atoms with E-state index in [1.54, 1.807) is 0 Å². The lowest BCUT2D eigenvalue weighted by molar-refractivity contribution is 0.794. The minimum atomic E-state index is -0.432. The van der Waals surface area contributed by atoms with Crippen molar-refractivity contribution in [3.63, 3.8) is 0 Å². The highest BCUT2D eigenvalue weighted by atomic mass is 79.9. The van der Waals surface area contributed by atoms with Gasteiger partial charge in [-0.05, 0) is 95.7 Å². The predicted molar refractivity (Wildman–Crippen MR) is 179 cm³/mol. The fourth-order valence-electron chi connectivity index (χ4n) is 7.61. The van der Waals surface area contributed by atoms with Crippen molar-refractivity contribution >= 4 is 26.7 Å². The minimum Gasteiger partial charge on any atom is -0.0622 e. The minimum absolute atomic E-state index is 0.432. The van der Waals surface area contributed by atoms with E-state index in [4.69, 9.17) is 0 Å². The van der Waals surface area contributed by atoms with Crippen LogP contribution in [0.3, 0.4) is 0 Å². The van der Waals surface area contributed by atoms with E-state index in [1.807, 2.05) is 0 Å². The maximum Gasteiger partial charge on any atom is 0.0726 e. The van der Waals surface area contributed by atoms with Crippen molar-refractivity contribution in [3.05, 3.63) is 178 Å². The van der Waals surface area contributed by atoms with Gasteiger partial charge in [0, 0.05) is 4.47 Å². The van der Waals surface area contributed by atoms with Crippen LogP contribution in [0, 0.1) is 0 Å². The van der Waals surface area contributed by atoms with Gasteiger partial charge in [-0.2, -0.15) is 0 Å². The molecule has 7 aromatic carbocycles. The Bertz CT molecular complexity index is 2100.